The fourth-order valence-corrected chi connectivity index (χ4v) is 2.57. The third kappa shape index (κ3) is 4.76. The van der Waals surface area contributed by atoms with E-state index in [9.17, 15) is 9.59 Å². The van der Waals surface area contributed by atoms with Crippen LogP contribution in [0.2, 0.25) is 0 Å². The van der Waals surface area contributed by atoms with Crippen molar-refractivity contribution in [3.63, 3.8) is 0 Å². The Labute approximate surface area is 156 Å². The molecule has 2 aromatic rings. The van der Waals surface area contributed by atoms with Crippen LogP contribution in [0.5, 0.6) is 11.5 Å². The van der Waals surface area contributed by atoms with E-state index in [1.165, 1.54) is 6.92 Å². The second-order valence-corrected chi connectivity index (χ2v) is 5.97. The molecule has 7 heteroatoms. The third-order valence-corrected chi connectivity index (χ3v) is 3.89. The number of hydrogen-bond acceptors (Lipinski definition) is 6. The predicted octanol–water partition coefficient (Wildman–Crippen LogP) is 2.44. The van der Waals surface area contributed by atoms with Gasteiger partial charge in [0.25, 0.3) is 5.91 Å². The quantitative estimate of drug-likeness (QED) is 0.816. The summed E-state index contributed by atoms with van der Waals surface area (Å²) in [4.78, 5) is 24.3. The molecule has 138 valence electrons. The summed E-state index contributed by atoms with van der Waals surface area (Å²) in [6, 6.07) is 13.7. The molecule has 0 spiro atoms. The van der Waals surface area contributed by atoms with Crippen LogP contribution >= 0.6 is 0 Å². The second kappa shape index (κ2) is 8.23. The minimum Gasteiger partial charge on any atom is -0.486 e. The monoisotopic (exact) mass is 366 g/mol. The van der Waals surface area contributed by atoms with Gasteiger partial charge in [0.1, 0.15) is 13.2 Å². The molecule has 27 heavy (non-hydrogen) atoms. The van der Waals surface area contributed by atoms with Gasteiger partial charge in [-0.2, -0.15) is 5.26 Å². The van der Waals surface area contributed by atoms with Crippen LogP contribution in [-0.4, -0.2) is 31.2 Å². The minimum atomic E-state index is -0.972. The summed E-state index contributed by atoms with van der Waals surface area (Å²) in [5.74, 6) is 0.237. The molecule has 0 saturated carbocycles. The highest BCUT2D eigenvalue weighted by molar-refractivity contribution is 5.95. The Hall–Kier alpha value is -3.53. The number of esters is 1. The molecule has 0 aliphatic carbocycles. The normalized spacial score (nSPS) is 13.2. The van der Waals surface area contributed by atoms with Gasteiger partial charge in [0.15, 0.2) is 17.6 Å². The molecule has 1 atom stereocenters. The number of amides is 1. The van der Waals surface area contributed by atoms with Gasteiger partial charge in [-0.05, 0) is 42.8 Å². The lowest BCUT2D eigenvalue weighted by Crippen LogP contribution is -2.30. The third-order valence-electron chi connectivity index (χ3n) is 3.89. The molecule has 0 aromatic heterocycles. The summed E-state index contributed by atoms with van der Waals surface area (Å²) in [5, 5.41) is 11.5. The molecule has 0 bridgehead atoms. The lowest BCUT2D eigenvalue weighted by atomic mass is 10.1. The van der Waals surface area contributed by atoms with E-state index in [0.29, 0.717) is 41.5 Å². The van der Waals surface area contributed by atoms with Crippen molar-refractivity contribution in [3.8, 4) is 17.6 Å². The number of hydrogen-bond donors (Lipinski definition) is 1. The van der Waals surface area contributed by atoms with E-state index in [2.05, 4.69) is 5.32 Å². The van der Waals surface area contributed by atoms with Gasteiger partial charge in [-0.25, -0.2) is 0 Å². The van der Waals surface area contributed by atoms with E-state index < -0.39 is 18.0 Å². The standard InChI is InChI=1S/C20H18N2O5/c1-13(20(24)22-16-4-2-3-15(9-16)12-21)27-19(23)11-14-5-6-17-18(10-14)26-8-7-25-17/h2-6,9-10,13H,7-8,11H2,1H3,(H,22,24)/t13-/m0/s1. The van der Waals surface area contributed by atoms with E-state index in [0.717, 1.165) is 0 Å². The predicted molar refractivity (Wildman–Crippen MR) is 96.5 cm³/mol. The molecule has 0 radical (unpaired) electrons. The molecule has 1 N–H and O–H groups in total. The summed E-state index contributed by atoms with van der Waals surface area (Å²) < 4.78 is 16.1. The number of carbonyl (C=O) groups excluding carboxylic acids is 2. The smallest absolute Gasteiger partial charge is 0.311 e. The highest BCUT2D eigenvalue weighted by atomic mass is 16.6. The zero-order valence-electron chi connectivity index (χ0n) is 14.7. The number of nitriles is 1. The summed E-state index contributed by atoms with van der Waals surface area (Å²) in [7, 11) is 0. The van der Waals surface area contributed by atoms with Gasteiger partial charge in [0.2, 0.25) is 0 Å². The maximum absolute atomic E-state index is 12.2. The first kappa shape index (κ1) is 18.3. The van der Waals surface area contributed by atoms with Gasteiger partial charge in [0.05, 0.1) is 18.1 Å². The number of carbonyl (C=O) groups is 2. The number of anilines is 1. The van der Waals surface area contributed by atoms with Crippen LogP contribution in [0.1, 0.15) is 18.1 Å². The molecule has 1 aliphatic rings. The fourth-order valence-electron chi connectivity index (χ4n) is 2.57. The molecule has 3 rings (SSSR count). The molecular formula is C20H18N2O5. The van der Waals surface area contributed by atoms with E-state index in [1.54, 1.807) is 42.5 Å². The van der Waals surface area contributed by atoms with Crippen LogP contribution < -0.4 is 14.8 Å². The Bertz CT molecular complexity index is 903. The summed E-state index contributed by atoms with van der Waals surface area (Å²) in [5.41, 5.74) is 1.60. The first-order valence-corrected chi connectivity index (χ1v) is 8.44. The summed E-state index contributed by atoms with van der Waals surface area (Å²) >= 11 is 0. The summed E-state index contributed by atoms with van der Waals surface area (Å²) in [6.45, 7) is 2.45. The second-order valence-electron chi connectivity index (χ2n) is 5.97. The Balaban J connectivity index is 1.55. The molecular weight excluding hydrogens is 348 g/mol. The first-order chi connectivity index (χ1) is 13.0. The molecule has 2 aromatic carbocycles. The van der Waals surface area contributed by atoms with Gasteiger partial charge in [0, 0.05) is 5.69 Å². The number of fused-ring (bicyclic) bond motifs is 1. The molecule has 7 nitrogen and oxygen atoms in total. The highest BCUT2D eigenvalue weighted by Crippen LogP contribution is 2.30. The average Bonchev–Trinajstić information content (AvgIpc) is 2.67. The first-order valence-electron chi connectivity index (χ1n) is 8.44. The lowest BCUT2D eigenvalue weighted by Gasteiger charge is -2.19. The van der Waals surface area contributed by atoms with Crippen molar-refractivity contribution in [2.75, 3.05) is 18.5 Å². The Kier molecular flexibility index (Phi) is 5.57. The Morgan fingerprint density at radius 3 is 2.74 bits per heavy atom. The Morgan fingerprint density at radius 1 is 1.19 bits per heavy atom. The van der Waals surface area contributed by atoms with Crippen LogP contribution in [0.15, 0.2) is 42.5 Å². The van der Waals surface area contributed by atoms with Gasteiger partial charge >= 0.3 is 5.97 Å². The number of nitrogens with zero attached hydrogens (tertiary/aromatic N) is 1. The lowest BCUT2D eigenvalue weighted by molar-refractivity contribution is -0.152. The highest BCUT2D eigenvalue weighted by Gasteiger charge is 2.19. The van der Waals surface area contributed by atoms with Crippen molar-refractivity contribution in [1.29, 1.82) is 5.26 Å². The van der Waals surface area contributed by atoms with Crippen LogP contribution in [0.3, 0.4) is 0 Å². The SMILES string of the molecule is C[C@H](OC(=O)Cc1ccc2c(c1)OCCO2)C(=O)Nc1cccc(C#N)c1. The van der Waals surface area contributed by atoms with Crippen molar-refractivity contribution in [2.24, 2.45) is 0 Å². The van der Waals surface area contributed by atoms with Gasteiger partial charge in [-0.15, -0.1) is 0 Å². The Morgan fingerprint density at radius 2 is 1.96 bits per heavy atom. The largest absolute Gasteiger partial charge is 0.486 e. The molecule has 0 saturated heterocycles. The fraction of sp³-hybridized carbons (Fsp3) is 0.250. The van der Waals surface area contributed by atoms with Crippen molar-refractivity contribution in [2.45, 2.75) is 19.4 Å². The van der Waals surface area contributed by atoms with E-state index in [4.69, 9.17) is 19.5 Å². The van der Waals surface area contributed by atoms with Gasteiger partial charge in [-0.3, -0.25) is 9.59 Å². The van der Waals surface area contributed by atoms with Crippen molar-refractivity contribution >= 4 is 17.6 Å². The van der Waals surface area contributed by atoms with Crippen molar-refractivity contribution < 1.29 is 23.8 Å². The number of benzene rings is 2. The average molecular weight is 366 g/mol. The van der Waals surface area contributed by atoms with Crippen LogP contribution in [0.25, 0.3) is 0 Å². The molecule has 1 amide bonds. The number of ether oxygens (including phenoxy) is 3. The zero-order chi connectivity index (χ0) is 19.2. The van der Waals surface area contributed by atoms with E-state index in [1.807, 2.05) is 6.07 Å². The molecule has 1 heterocycles. The maximum Gasteiger partial charge on any atom is 0.311 e. The molecule has 0 fully saturated rings. The van der Waals surface area contributed by atoms with Crippen LogP contribution in [-0.2, 0) is 20.7 Å². The number of rotatable bonds is 5. The van der Waals surface area contributed by atoms with Crippen molar-refractivity contribution in [3.05, 3.63) is 53.6 Å². The summed E-state index contributed by atoms with van der Waals surface area (Å²) in [6.07, 6.45) is -0.960. The number of nitrogens with one attached hydrogen (secondary N) is 1. The topological polar surface area (TPSA) is 97.7 Å². The molecule has 0 unspecified atom stereocenters. The minimum absolute atomic E-state index is 0.0121. The van der Waals surface area contributed by atoms with Gasteiger partial charge in [-0.1, -0.05) is 12.1 Å². The maximum atomic E-state index is 12.2. The van der Waals surface area contributed by atoms with Crippen LogP contribution in [0, 0.1) is 11.3 Å². The van der Waals surface area contributed by atoms with E-state index in [-0.39, 0.29) is 6.42 Å². The van der Waals surface area contributed by atoms with Gasteiger partial charge < -0.3 is 19.5 Å². The van der Waals surface area contributed by atoms with E-state index >= 15 is 0 Å². The van der Waals surface area contributed by atoms with Crippen LogP contribution in [0.4, 0.5) is 5.69 Å². The molecule has 1 aliphatic heterocycles. The zero-order valence-corrected chi connectivity index (χ0v) is 14.7. The van der Waals surface area contributed by atoms with Crippen molar-refractivity contribution in [1.82, 2.24) is 0 Å².